The van der Waals surface area contributed by atoms with Gasteiger partial charge in [-0.15, -0.1) is 0 Å². The van der Waals surface area contributed by atoms with Crippen LogP contribution < -0.4 is 10.6 Å². The lowest BCUT2D eigenvalue weighted by Crippen LogP contribution is -2.38. The summed E-state index contributed by atoms with van der Waals surface area (Å²) in [6.07, 6.45) is 0. The zero-order chi connectivity index (χ0) is 15.1. The Morgan fingerprint density at radius 2 is 1.90 bits per heavy atom. The molecule has 0 bridgehead atoms. The van der Waals surface area contributed by atoms with Gasteiger partial charge in [0.1, 0.15) is 0 Å². The lowest BCUT2D eigenvalue weighted by Gasteiger charge is -2.16. The van der Waals surface area contributed by atoms with Crippen LogP contribution in [-0.4, -0.2) is 43.4 Å². The second-order valence-electron chi connectivity index (χ2n) is 4.63. The number of hydrogen-bond acceptors (Lipinski definition) is 3. The minimum absolute atomic E-state index is 0.0809. The largest absolute Gasteiger partial charge is 0.355 e. The number of hydrogen-bond donors (Lipinski definition) is 2. The first-order valence-electron chi connectivity index (χ1n) is 6.43. The van der Waals surface area contributed by atoms with Crippen LogP contribution >= 0.6 is 15.9 Å². The minimum Gasteiger partial charge on any atom is -0.355 e. The number of carbonyl (C=O) groups excluding carboxylic acids is 2. The summed E-state index contributed by atoms with van der Waals surface area (Å²) in [4.78, 5) is 25.0. The number of anilines is 1. The molecule has 5 nitrogen and oxygen atoms in total. The molecule has 0 radical (unpaired) electrons. The summed E-state index contributed by atoms with van der Waals surface area (Å²) in [6, 6.07) is 5.66. The Hall–Kier alpha value is -1.40. The molecule has 0 saturated carbocycles. The molecule has 2 amide bonds. The summed E-state index contributed by atoms with van der Waals surface area (Å²) >= 11 is 3.38. The third kappa shape index (κ3) is 5.71. The molecule has 0 heterocycles. The van der Waals surface area contributed by atoms with E-state index in [0.717, 1.165) is 15.7 Å². The van der Waals surface area contributed by atoms with E-state index < -0.39 is 0 Å². The molecule has 0 spiro atoms. The maximum Gasteiger partial charge on any atom is 0.238 e. The summed E-state index contributed by atoms with van der Waals surface area (Å²) in [5, 5.41) is 5.54. The van der Waals surface area contributed by atoms with Gasteiger partial charge in [0.05, 0.1) is 13.1 Å². The molecule has 1 aromatic rings. The van der Waals surface area contributed by atoms with Gasteiger partial charge in [-0.25, -0.2) is 0 Å². The van der Waals surface area contributed by atoms with Crippen LogP contribution in [0.5, 0.6) is 0 Å². The molecule has 0 aromatic heterocycles. The van der Waals surface area contributed by atoms with Gasteiger partial charge in [-0.1, -0.05) is 15.9 Å². The lowest BCUT2D eigenvalue weighted by molar-refractivity contribution is -0.122. The average molecular weight is 342 g/mol. The molecule has 20 heavy (non-hydrogen) atoms. The Labute approximate surface area is 127 Å². The predicted molar refractivity (Wildman–Crippen MR) is 83.7 cm³/mol. The van der Waals surface area contributed by atoms with Crippen molar-refractivity contribution in [1.29, 1.82) is 0 Å². The van der Waals surface area contributed by atoms with Crippen molar-refractivity contribution in [1.82, 2.24) is 10.2 Å². The summed E-state index contributed by atoms with van der Waals surface area (Å²) in [5.41, 5.74) is 1.77. The molecule has 6 heteroatoms. The van der Waals surface area contributed by atoms with Crippen LogP contribution in [-0.2, 0) is 9.59 Å². The first-order valence-corrected chi connectivity index (χ1v) is 7.23. The van der Waals surface area contributed by atoms with Gasteiger partial charge in [-0.05, 0) is 44.7 Å². The summed E-state index contributed by atoms with van der Waals surface area (Å²) in [5.74, 6) is -0.218. The van der Waals surface area contributed by atoms with Crippen molar-refractivity contribution in [3.05, 3.63) is 28.2 Å². The number of carbonyl (C=O) groups is 2. The second kappa shape index (κ2) is 8.01. The molecule has 1 rings (SSSR count). The summed E-state index contributed by atoms with van der Waals surface area (Å²) in [7, 11) is 1.74. The van der Waals surface area contributed by atoms with E-state index >= 15 is 0 Å². The number of nitrogens with one attached hydrogen (secondary N) is 2. The molecular weight excluding hydrogens is 322 g/mol. The second-order valence-corrected chi connectivity index (χ2v) is 5.55. The Kier molecular flexibility index (Phi) is 6.67. The lowest BCUT2D eigenvalue weighted by atomic mass is 10.2. The van der Waals surface area contributed by atoms with Crippen molar-refractivity contribution in [3.8, 4) is 0 Å². The van der Waals surface area contributed by atoms with Crippen molar-refractivity contribution >= 4 is 33.4 Å². The van der Waals surface area contributed by atoms with Gasteiger partial charge in [0.2, 0.25) is 11.8 Å². The standard InChI is InChI=1S/C14H20BrN3O2/c1-4-16-13(19)8-18(3)9-14(20)17-12-6-5-11(15)7-10(12)2/h5-7H,4,8-9H2,1-3H3,(H,16,19)(H,17,20). The van der Waals surface area contributed by atoms with E-state index in [-0.39, 0.29) is 24.9 Å². The van der Waals surface area contributed by atoms with Crippen LogP contribution in [0.4, 0.5) is 5.69 Å². The van der Waals surface area contributed by atoms with Gasteiger partial charge in [0, 0.05) is 16.7 Å². The third-order valence-electron chi connectivity index (χ3n) is 2.66. The van der Waals surface area contributed by atoms with Gasteiger partial charge in [0.15, 0.2) is 0 Å². The molecule has 0 atom stereocenters. The summed E-state index contributed by atoms with van der Waals surface area (Å²) in [6.45, 7) is 4.77. The van der Waals surface area contributed by atoms with E-state index in [0.29, 0.717) is 6.54 Å². The van der Waals surface area contributed by atoms with Gasteiger partial charge < -0.3 is 10.6 Å². The molecule has 2 N–H and O–H groups in total. The highest BCUT2D eigenvalue weighted by Gasteiger charge is 2.11. The molecule has 110 valence electrons. The highest BCUT2D eigenvalue weighted by molar-refractivity contribution is 9.10. The first-order chi connectivity index (χ1) is 9.42. The molecule has 0 aliphatic rings. The van der Waals surface area contributed by atoms with Gasteiger partial charge >= 0.3 is 0 Å². The van der Waals surface area contributed by atoms with Crippen molar-refractivity contribution in [2.45, 2.75) is 13.8 Å². The zero-order valence-electron chi connectivity index (χ0n) is 12.0. The SMILES string of the molecule is CCNC(=O)CN(C)CC(=O)Nc1ccc(Br)cc1C. The van der Waals surface area contributed by atoms with Gasteiger partial charge in [-0.3, -0.25) is 14.5 Å². The number of rotatable bonds is 6. The van der Waals surface area contributed by atoms with Crippen LogP contribution in [0, 0.1) is 6.92 Å². The topological polar surface area (TPSA) is 61.4 Å². The Morgan fingerprint density at radius 3 is 2.50 bits per heavy atom. The van der Waals surface area contributed by atoms with E-state index in [4.69, 9.17) is 0 Å². The van der Waals surface area contributed by atoms with Gasteiger partial charge in [-0.2, -0.15) is 0 Å². The zero-order valence-corrected chi connectivity index (χ0v) is 13.6. The van der Waals surface area contributed by atoms with E-state index in [9.17, 15) is 9.59 Å². The normalized spacial score (nSPS) is 10.4. The summed E-state index contributed by atoms with van der Waals surface area (Å²) < 4.78 is 0.973. The van der Waals surface area contributed by atoms with E-state index in [2.05, 4.69) is 26.6 Å². The van der Waals surface area contributed by atoms with Crippen LogP contribution in [0.15, 0.2) is 22.7 Å². The Bertz CT molecular complexity index is 491. The number of nitrogens with zero attached hydrogens (tertiary/aromatic N) is 1. The quantitative estimate of drug-likeness (QED) is 0.828. The number of benzene rings is 1. The fourth-order valence-corrected chi connectivity index (χ4v) is 2.23. The number of halogens is 1. The molecule has 0 aliphatic heterocycles. The van der Waals surface area contributed by atoms with Crippen LogP contribution in [0.2, 0.25) is 0 Å². The fraction of sp³-hybridized carbons (Fsp3) is 0.429. The first kappa shape index (κ1) is 16.7. The maximum atomic E-state index is 11.9. The van der Waals surface area contributed by atoms with Crippen LogP contribution in [0.1, 0.15) is 12.5 Å². The molecule has 0 saturated heterocycles. The predicted octanol–water partition coefficient (Wildman–Crippen LogP) is 1.76. The van der Waals surface area contributed by atoms with E-state index in [1.165, 1.54) is 0 Å². The van der Waals surface area contributed by atoms with E-state index in [1.807, 2.05) is 32.0 Å². The van der Waals surface area contributed by atoms with Crippen LogP contribution in [0.25, 0.3) is 0 Å². The number of amides is 2. The van der Waals surface area contributed by atoms with E-state index in [1.54, 1.807) is 11.9 Å². The van der Waals surface area contributed by atoms with Gasteiger partial charge in [0.25, 0.3) is 0 Å². The highest BCUT2D eigenvalue weighted by Crippen LogP contribution is 2.19. The van der Waals surface area contributed by atoms with Crippen LogP contribution in [0.3, 0.4) is 0 Å². The fourth-order valence-electron chi connectivity index (χ4n) is 1.76. The molecule has 0 fully saturated rings. The minimum atomic E-state index is -0.137. The highest BCUT2D eigenvalue weighted by atomic mass is 79.9. The molecular formula is C14H20BrN3O2. The molecule has 0 aliphatic carbocycles. The third-order valence-corrected chi connectivity index (χ3v) is 3.16. The van der Waals surface area contributed by atoms with Crippen molar-refractivity contribution in [2.75, 3.05) is 32.0 Å². The van der Waals surface area contributed by atoms with Crippen molar-refractivity contribution < 1.29 is 9.59 Å². The van der Waals surface area contributed by atoms with Crippen molar-refractivity contribution in [3.63, 3.8) is 0 Å². The maximum absolute atomic E-state index is 11.9. The smallest absolute Gasteiger partial charge is 0.238 e. The monoisotopic (exact) mass is 341 g/mol. The Balaban J connectivity index is 2.49. The number of aryl methyl sites for hydroxylation is 1. The average Bonchev–Trinajstić information content (AvgIpc) is 2.32. The Morgan fingerprint density at radius 1 is 1.25 bits per heavy atom. The molecule has 0 unspecified atom stereocenters. The number of likely N-dealkylation sites (N-methyl/N-ethyl adjacent to an activating group) is 2. The van der Waals surface area contributed by atoms with Crippen molar-refractivity contribution in [2.24, 2.45) is 0 Å². The molecule has 1 aromatic carbocycles.